The molecule has 10 aromatic carbocycles. The minimum absolute atomic E-state index is 0.434. The second-order valence-electron chi connectivity index (χ2n) is 16.8. The summed E-state index contributed by atoms with van der Waals surface area (Å²) in [5, 5.41) is 2.42. The second kappa shape index (κ2) is 13.9. The quantitative estimate of drug-likeness (QED) is 0.163. The first-order valence-electron chi connectivity index (χ1n) is 21.8. The summed E-state index contributed by atoms with van der Waals surface area (Å²) in [5.74, 6) is 0. The van der Waals surface area contributed by atoms with E-state index in [0.29, 0.717) is 0 Å². The van der Waals surface area contributed by atoms with Gasteiger partial charge in [-0.25, -0.2) is 0 Å². The molecule has 0 unspecified atom stereocenters. The Balaban J connectivity index is 1.05. The zero-order chi connectivity index (χ0) is 41.5. The molecule has 13 rings (SSSR count). The summed E-state index contributed by atoms with van der Waals surface area (Å²) in [4.78, 5) is 2.45. The van der Waals surface area contributed by atoms with Gasteiger partial charge in [-0.05, 0) is 133 Å². The maximum atomic E-state index is 2.48. The molecule has 0 amide bonds. The van der Waals surface area contributed by atoms with Crippen molar-refractivity contribution in [1.29, 1.82) is 0 Å². The summed E-state index contributed by atoms with van der Waals surface area (Å²) >= 11 is 0. The average Bonchev–Trinajstić information content (AvgIpc) is 3.96. The first-order valence-corrected chi connectivity index (χ1v) is 21.8. The molecule has 0 aliphatic heterocycles. The van der Waals surface area contributed by atoms with Crippen molar-refractivity contribution in [3.8, 4) is 50.2 Å². The highest BCUT2D eigenvalue weighted by Gasteiger charge is 2.51. The molecule has 1 spiro atoms. The van der Waals surface area contributed by atoms with E-state index in [9.17, 15) is 0 Å². The minimum Gasteiger partial charge on any atom is -0.310 e. The Hall–Kier alpha value is -8.20. The zero-order valence-corrected chi connectivity index (χ0v) is 34.5. The number of hydrogen-bond donors (Lipinski definition) is 0. The van der Waals surface area contributed by atoms with E-state index in [1.165, 1.54) is 88.6 Å². The summed E-state index contributed by atoms with van der Waals surface area (Å²) in [7, 11) is 0. The molecular weight excluding hydrogens is 761 g/mol. The van der Waals surface area contributed by atoms with E-state index in [1.807, 2.05) is 0 Å². The standard InChI is InChI=1S/C61H40N2/c1-4-18-41(19-5-1)47-24-10-11-25-48(47)42-32-36-59-53(38-42)54-39-45(34-37-60(54)63(59)44-22-8-3-9-23-44)62(43-20-6-2-7-21-43)46-33-35-52-51-28-14-17-31-57(51)61(58(52)40-46)55-29-15-12-26-49(55)50-27-13-16-30-56(50)61/h1-40H. The predicted octanol–water partition coefficient (Wildman–Crippen LogP) is 15.9. The Morgan fingerprint density at radius 3 is 1.35 bits per heavy atom. The fourth-order valence-corrected chi connectivity index (χ4v) is 11.0. The van der Waals surface area contributed by atoms with Crippen LogP contribution in [0.1, 0.15) is 22.3 Å². The normalized spacial score (nSPS) is 12.9. The lowest BCUT2D eigenvalue weighted by molar-refractivity contribution is 0.793. The van der Waals surface area contributed by atoms with E-state index < -0.39 is 5.41 Å². The number of anilines is 3. The van der Waals surface area contributed by atoms with Crippen LogP contribution in [0.5, 0.6) is 0 Å². The molecular formula is C61H40N2. The Morgan fingerprint density at radius 1 is 0.286 bits per heavy atom. The monoisotopic (exact) mass is 800 g/mol. The van der Waals surface area contributed by atoms with Gasteiger partial charge in [0.2, 0.25) is 0 Å². The van der Waals surface area contributed by atoms with Crippen LogP contribution in [0, 0.1) is 0 Å². The lowest BCUT2D eigenvalue weighted by Gasteiger charge is -2.32. The van der Waals surface area contributed by atoms with Crippen LogP contribution in [0.15, 0.2) is 243 Å². The van der Waals surface area contributed by atoms with Crippen molar-refractivity contribution in [3.05, 3.63) is 265 Å². The third kappa shape index (κ3) is 5.19. The van der Waals surface area contributed by atoms with Crippen LogP contribution >= 0.6 is 0 Å². The lowest BCUT2D eigenvalue weighted by atomic mass is 9.70. The van der Waals surface area contributed by atoms with E-state index in [4.69, 9.17) is 0 Å². The number of fused-ring (bicyclic) bond motifs is 13. The van der Waals surface area contributed by atoms with Crippen LogP contribution in [0.25, 0.3) is 72.0 Å². The van der Waals surface area contributed by atoms with Crippen LogP contribution in [0.3, 0.4) is 0 Å². The predicted molar refractivity (Wildman–Crippen MR) is 263 cm³/mol. The van der Waals surface area contributed by atoms with Crippen molar-refractivity contribution in [1.82, 2.24) is 4.57 Å². The number of hydrogen-bond acceptors (Lipinski definition) is 1. The fourth-order valence-electron chi connectivity index (χ4n) is 11.0. The number of aromatic nitrogens is 1. The molecule has 0 radical (unpaired) electrons. The molecule has 2 heteroatoms. The third-order valence-corrected chi connectivity index (χ3v) is 13.6. The van der Waals surface area contributed by atoms with Gasteiger partial charge in [-0.2, -0.15) is 0 Å². The molecule has 294 valence electrons. The molecule has 0 N–H and O–H groups in total. The maximum absolute atomic E-state index is 2.48. The molecule has 0 fully saturated rings. The van der Waals surface area contributed by atoms with E-state index in [0.717, 1.165) is 22.7 Å². The lowest BCUT2D eigenvalue weighted by Crippen LogP contribution is -2.26. The Morgan fingerprint density at radius 2 is 0.730 bits per heavy atom. The van der Waals surface area contributed by atoms with Crippen LogP contribution in [-0.4, -0.2) is 4.57 Å². The van der Waals surface area contributed by atoms with E-state index in [2.05, 4.69) is 252 Å². The first kappa shape index (κ1) is 35.5. The molecule has 0 atom stereocenters. The molecule has 0 bridgehead atoms. The van der Waals surface area contributed by atoms with Gasteiger partial charge in [0, 0.05) is 33.5 Å². The van der Waals surface area contributed by atoms with Crippen molar-refractivity contribution in [2.75, 3.05) is 4.90 Å². The molecule has 0 saturated heterocycles. The highest BCUT2D eigenvalue weighted by molar-refractivity contribution is 6.12. The van der Waals surface area contributed by atoms with Gasteiger partial charge in [0.05, 0.1) is 16.4 Å². The van der Waals surface area contributed by atoms with E-state index in [-0.39, 0.29) is 0 Å². The third-order valence-electron chi connectivity index (χ3n) is 13.6. The molecule has 2 aliphatic rings. The van der Waals surface area contributed by atoms with E-state index in [1.54, 1.807) is 0 Å². The first-order chi connectivity index (χ1) is 31.3. The summed E-state index contributed by atoms with van der Waals surface area (Å²) in [5.41, 5.74) is 21.8. The fraction of sp³-hybridized carbons (Fsp3) is 0.0164. The highest BCUT2D eigenvalue weighted by Crippen LogP contribution is 2.63. The van der Waals surface area contributed by atoms with Crippen molar-refractivity contribution >= 4 is 38.9 Å². The average molecular weight is 801 g/mol. The smallest absolute Gasteiger partial charge is 0.0726 e. The van der Waals surface area contributed by atoms with Crippen molar-refractivity contribution in [2.24, 2.45) is 0 Å². The summed E-state index contributed by atoms with van der Waals surface area (Å²) in [6, 6.07) is 89.5. The summed E-state index contributed by atoms with van der Waals surface area (Å²) in [6.45, 7) is 0. The molecule has 1 heterocycles. The molecule has 63 heavy (non-hydrogen) atoms. The minimum atomic E-state index is -0.434. The van der Waals surface area contributed by atoms with Gasteiger partial charge in [-0.3, -0.25) is 0 Å². The summed E-state index contributed by atoms with van der Waals surface area (Å²) in [6.07, 6.45) is 0. The summed E-state index contributed by atoms with van der Waals surface area (Å²) < 4.78 is 2.42. The van der Waals surface area contributed by atoms with Gasteiger partial charge in [-0.1, -0.05) is 176 Å². The molecule has 2 nitrogen and oxygen atoms in total. The van der Waals surface area contributed by atoms with Crippen molar-refractivity contribution < 1.29 is 0 Å². The maximum Gasteiger partial charge on any atom is 0.0726 e. The molecule has 0 saturated carbocycles. The van der Waals surface area contributed by atoms with Crippen molar-refractivity contribution in [3.63, 3.8) is 0 Å². The Bertz CT molecular complexity index is 3500. The zero-order valence-electron chi connectivity index (χ0n) is 34.5. The topological polar surface area (TPSA) is 8.17 Å². The van der Waals surface area contributed by atoms with Gasteiger partial charge in [0.15, 0.2) is 0 Å². The Kier molecular flexibility index (Phi) is 7.85. The molecule has 1 aromatic heterocycles. The number of benzene rings is 10. The van der Waals surface area contributed by atoms with Gasteiger partial charge >= 0.3 is 0 Å². The number of rotatable bonds is 6. The van der Waals surface area contributed by atoms with Gasteiger partial charge in [0.1, 0.15) is 0 Å². The van der Waals surface area contributed by atoms with Crippen molar-refractivity contribution in [2.45, 2.75) is 5.41 Å². The second-order valence-corrected chi connectivity index (χ2v) is 16.8. The van der Waals surface area contributed by atoms with E-state index >= 15 is 0 Å². The number of para-hydroxylation sites is 2. The molecule has 2 aliphatic carbocycles. The Labute approximate surface area is 367 Å². The largest absolute Gasteiger partial charge is 0.310 e. The van der Waals surface area contributed by atoms with Crippen LogP contribution in [0.4, 0.5) is 17.1 Å². The van der Waals surface area contributed by atoms with Gasteiger partial charge in [0.25, 0.3) is 0 Å². The van der Waals surface area contributed by atoms with Crippen LogP contribution in [-0.2, 0) is 5.41 Å². The van der Waals surface area contributed by atoms with Gasteiger partial charge in [-0.15, -0.1) is 0 Å². The van der Waals surface area contributed by atoms with Crippen LogP contribution in [0.2, 0.25) is 0 Å². The van der Waals surface area contributed by atoms with Gasteiger partial charge < -0.3 is 9.47 Å². The SMILES string of the molecule is c1ccc(-c2ccccc2-c2ccc3c(c2)c2cc(N(c4ccccc4)c4ccc5c(c4)C4(c6ccccc6-c6ccccc64)c4ccccc4-5)ccc2n3-c2ccccc2)cc1. The van der Waals surface area contributed by atoms with Crippen LogP contribution < -0.4 is 4.90 Å². The molecule has 11 aromatic rings. The highest BCUT2D eigenvalue weighted by atomic mass is 15.1. The number of nitrogens with zero attached hydrogens (tertiary/aromatic N) is 2.